The molecule has 1 N–H and O–H groups in total. The van der Waals surface area contributed by atoms with E-state index in [0.717, 1.165) is 21.8 Å². The van der Waals surface area contributed by atoms with Crippen molar-refractivity contribution in [1.29, 1.82) is 0 Å². The van der Waals surface area contributed by atoms with Crippen LogP contribution in [0.1, 0.15) is 43.9 Å². The first-order valence-corrected chi connectivity index (χ1v) is 12.7. The van der Waals surface area contributed by atoms with E-state index in [1.54, 1.807) is 24.4 Å². The molecule has 0 bridgehead atoms. The first-order valence-electron chi connectivity index (χ1n) is 11.9. The van der Waals surface area contributed by atoms with Gasteiger partial charge >= 0.3 is 11.9 Å². The summed E-state index contributed by atoms with van der Waals surface area (Å²) in [5.41, 5.74) is 2.57. The van der Waals surface area contributed by atoms with E-state index in [1.807, 2.05) is 19.1 Å². The van der Waals surface area contributed by atoms with Crippen molar-refractivity contribution in [3.8, 4) is 0 Å². The second-order valence-corrected chi connectivity index (χ2v) is 9.93. The molecule has 1 unspecified atom stereocenters. The van der Waals surface area contributed by atoms with Gasteiger partial charge in [0.05, 0.1) is 23.0 Å². The molecule has 4 heterocycles. The summed E-state index contributed by atoms with van der Waals surface area (Å²) in [5, 5.41) is 11.6. The van der Waals surface area contributed by atoms with Gasteiger partial charge in [-0.05, 0) is 50.1 Å². The summed E-state index contributed by atoms with van der Waals surface area (Å²) in [6.45, 7) is 8.69. The van der Waals surface area contributed by atoms with Gasteiger partial charge in [0.15, 0.2) is 10.9 Å². The SMILES string of the molecule is C=CCOC(=O)c1sc(N2C(=O)C(=O)/C(=C(/O)c3nc4c(C)cccn4c3C)C2c2ccc(F)cc2)nc1C. The number of imidazole rings is 1. The Kier molecular flexibility index (Phi) is 6.61. The minimum absolute atomic E-state index is 0.0105. The van der Waals surface area contributed by atoms with Gasteiger partial charge in [-0.15, -0.1) is 0 Å². The highest BCUT2D eigenvalue weighted by atomic mass is 32.1. The summed E-state index contributed by atoms with van der Waals surface area (Å²) < 4.78 is 20.7. The summed E-state index contributed by atoms with van der Waals surface area (Å²) in [6, 6.07) is 7.78. The molecular weight excluding hydrogens is 523 g/mol. The first-order chi connectivity index (χ1) is 18.6. The number of aliphatic hydroxyl groups excluding tert-OH is 1. The van der Waals surface area contributed by atoms with Gasteiger partial charge in [-0.2, -0.15) is 0 Å². The Hall–Kier alpha value is -4.64. The zero-order valence-electron chi connectivity index (χ0n) is 21.3. The maximum Gasteiger partial charge on any atom is 0.350 e. The smallest absolute Gasteiger partial charge is 0.350 e. The van der Waals surface area contributed by atoms with Gasteiger partial charge in [0.25, 0.3) is 5.78 Å². The lowest BCUT2D eigenvalue weighted by atomic mass is 9.96. The number of nitrogens with zero attached hydrogens (tertiary/aromatic N) is 4. The molecule has 1 aliphatic rings. The number of ketones is 1. The van der Waals surface area contributed by atoms with Crippen LogP contribution in [0.25, 0.3) is 11.4 Å². The molecule has 3 aromatic heterocycles. The average molecular weight is 547 g/mol. The molecule has 0 aliphatic carbocycles. The summed E-state index contributed by atoms with van der Waals surface area (Å²) in [5.74, 6) is -3.55. The molecule has 5 rings (SSSR count). The predicted octanol–water partition coefficient (Wildman–Crippen LogP) is 4.82. The summed E-state index contributed by atoms with van der Waals surface area (Å²) in [7, 11) is 0. The zero-order valence-corrected chi connectivity index (χ0v) is 22.1. The maximum absolute atomic E-state index is 13.8. The molecular formula is C28H23FN4O5S. The Labute approximate surface area is 226 Å². The number of esters is 1. The number of benzene rings is 1. The number of aromatic nitrogens is 3. The Balaban J connectivity index is 1.71. The normalized spacial score (nSPS) is 16.7. The highest BCUT2D eigenvalue weighted by molar-refractivity contribution is 7.17. The van der Waals surface area contributed by atoms with Gasteiger partial charge in [0.1, 0.15) is 28.6 Å². The number of carbonyl (C=O) groups excluding carboxylic acids is 3. The van der Waals surface area contributed by atoms with Gasteiger partial charge < -0.3 is 14.2 Å². The van der Waals surface area contributed by atoms with Crippen molar-refractivity contribution < 1.29 is 28.6 Å². The van der Waals surface area contributed by atoms with Crippen LogP contribution in [-0.4, -0.2) is 43.7 Å². The number of pyridine rings is 1. The molecule has 0 saturated carbocycles. The van der Waals surface area contributed by atoms with Gasteiger partial charge in [0, 0.05) is 6.20 Å². The standard InChI is InChI=1S/C28H23FN4O5S/c1-5-13-38-27(37)24-15(3)30-28(39-24)33-21(17-8-10-18(29)11-9-17)19(23(35)26(33)36)22(34)20-16(4)32-12-6-7-14(2)25(32)31-20/h5-12,21,34H,1,13H2,2-4H3/b22-19+. The number of hydrogen-bond acceptors (Lipinski definition) is 8. The van der Waals surface area contributed by atoms with Crippen LogP contribution < -0.4 is 4.90 Å². The van der Waals surface area contributed by atoms with Crippen LogP contribution in [0, 0.1) is 26.6 Å². The van der Waals surface area contributed by atoms with Crippen molar-refractivity contribution in [2.75, 3.05) is 11.5 Å². The molecule has 198 valence electrons. The van der Waals surface area contributed by atoms with Crippen LogP contribution in [0.3, 0.4) is 0 Å². The van der Waals surface area contributed by atoms with Crippen molar-refractivity contribution in [1.82, 2.24) is 14.4 Å². The number of Topliss-reactive ketones (excluding diaryl/α,β-unsaturated/α-hetero) is 1. The number of carbonyl (C=O) groups is 3. The molecule has 0 radical (unpaired) electrons. The first kappa shape index (κ1) is 26.0. The fraction of sp³-hybridized carbons (Fsp3) is 0.179. The Morgan fingerprint density at radius 2 is 1.90 bits per heavy atom. The lowest BCUT2D eigenvalue weighted by molar-refractivity contribution is -0.132. The number of ether oxygens (including phenoxy) is 1. The van der Waals surface area contributed by atoms with E-state index in [9.17, 15) is 23.9 Å². The number of aryl methyl sites for hydroxylation is 3. The van der Waals surface area contributed by atoms with Gasteiger partial charge in [-0.3, -0.25) is 14.5 Å². The van der Waals surface area contributed by atoms with Gasteiger partial charge in [-0.1, -0.05) is 42.2 Å². The quantitative estimate of drug-likeness (QED) is 0.121. The highest BCUT2D eigenvalue weighted by Crippen LogP contribution is 2.44. The minimum atomic E-state index is -1.15. The van der Waals surface area contributed by atoms with Crippen LogP contribution in [-0.2, 0) is 14.3 Å². The molecule has 0 spiro atoms. The topological polar surface area (TPSA) is 114 Å². The van der Waals surface area contributed by atoms with Crippen molar-refractivity contribution in [3.63, 3.8) is 0 Å². The molecule has 1 amide bonds. The van der Waals surface area contributed by atoms with Crippen molar-refractivity contribution in [2.45, 2.75) is 26.8 Å². The van der Waals surface area contributed by atoms with E-state index in [0.29, 0.717) is 22.6 Å². The van der Waals surface area contributed by atoms with Crippen molar-refractivity contribution >= 4 is 45.5 Å². The van der Waals surface area contributed by atoms with E-state index in [4.69, 9.17) is 4.74 Å². The molecule has 1 fully saturated rings. The van der Waals surface area contributed by atoms with Crippen LogP contribution in [0.2, 0.25) is 0 Å². The number of aliphatic hydroxyl groups is 1. The maximum atomic E-state index is 13.8. The summed E-state index contributed by atoms with van der Waals surface area (Å²) in [6.07, 6.45) is 3.20. The molecule has 11 heteroatoms. The average Bonchev–Trinajstić information content (AvgIpc) is 3.55. The zero-order chi connectivity index (χ0) is 28.0. The second kappa shape index (κ2) is 9.91. The molecule has 1 aliphatic heterocycles. The van der Waals surface area contributed by atoms with E-state index in [-0.39, 0.29) is 27.9 Å². The van der Waals surface area contributed by atoms with Gasteiger partial charge in [-0.25, -0.2) is 19.2 Å². The molecule has 9 nitrogen and oxygen atoms in total. The number of anilines is 1. The number of fused-ring (bicyclic) bond motifs is 1. The largest absolute Gasteiger partial charge is 0.505 e. The lowest BCUT2D eigenvalue weighted by Crippen LogP contribution is -2.29. The molecule has 39 heavy (non-hydrogen) atoms. The Morgan fingerprint density at radius 1 is 1.18 bits per heavy atom. The highest BCUT2D eigenvalue weighted by Gasteiger charge is 2.49. The van der Waals surface area contributed by atoms with Crippen LogP contribution in [0.15, 0.2) is 60.8 Å². The van der Waals surface area contributed by atoms with E-state index in [2.05, 4.69) is 16.5 Å². The third-order valence-electron chi connectivity index (χ3n) is 6.45. The van der Waals surface area contributed by atoms with E-state index < -0.39 is 35.3 Å². The third-order valence-corrected chi connectivity index (χ3v) is 7.58. The third kappa shape index (κ3) is 4.30. The van der Waals surface area contributed by atoms with Crippen molar-refractivity contribution in [3.05, 3.63) is 99.7 Å². The monoisotopic (exact) mass is 546 g/mol. The van der Waals surface area contributed by atoms with E-state index >= 15 is 0 Å². The van der Waals surface area contributed by atoms with Crippen LogP contribution in [0.4, 0.5) is 9.52 Å². The van der Waals surface area contributed by atoms with E-state index in [1.165, 1.54) is 30.3 Å². The number of halogens is 1. The number of hydrogen-bond donors (Lipinski definition) is 1. The summed E-state index contributed by atoms with van der Waals surface area (Å²) in [4.78, 5) is 49.6. The fourth-order valence-corrected chi connectivity index (χ4v) is 5.53. The minimum Gasteiger partial charge on any atom is -0.505 e. The van der Waals surface area contributed by atoms with Crippen molar-refractivity contribution in [2.24, 2.45) is 0 Å². The molecule has 4 aromatic rings. The second-order valence-electron chi connectivity index (χ2n) is 8.95. The van der Waals surface area contributed by atoms with Gasteiger partial charge in [0.2, 0.25) is 0 Å². The van der Waals surface area contributed by atoms with Crippen LogP contribution >= 0.6 is 11.3 Å². The van der Waals surface area contributed by atoms with Crippen LogP contribution in [0.5, 0.6) is 0 Å². The Morgan fingerprint density at radius 3 is 2.56 bits per heavy atom. The number of rotatable bonds is 6. The molecule has 1 aromatic carbocycles. The fourth-order valence-electron chi connectivity index (χ4n) is 4.54. The molecule has 1 saturated heterocycles. The summed E-state index contributed by atoms with van der Waals surface area (Å²) >= 11 is 0.876. The predicted molar refractivity (Wildman–Crippen MR) is 143 cm³/mol. The lowest BCUT2D eigenvalue weighted by Gasteiger charge is -2.22. The molecule has 1 atom stereocenters. The Bertz CT molecular complexity index is 1700. The number of amides is 1. The number of thiazole rings is 1.